The standard InChI is InChI=1S/C12H18ClNO2/c1-12(2,3)14-6-9-10(16)5-4-8(7-15)11(9)13/h4-5,14-16H,6-7H2,1-3H3. The minimum absolute atomic E-state index is 0.0506. The summed E-state index contributed by atoms with van der Waals surface area (Å²) in [5.41, 5.74) is 1.21. The van der Waals surface area contributed by atoms with Gasteiger partial charge in [0, 0.05) is 17.6 Å². The van der Waals surface area contributed by atoms with Crippen LogP contribution in [0.25, 0.3) is 0 Å². The predicted octanol–water partition coefficient (Wildman–Crippen LogP) is 2.43. The predicted molar refractivity (Wildman–Crippen MR) is 65.6 cm³/mol. The van der Waals surface area contributed by atoms with E-state index in [2.05, 4.69) is 5.32 Å². The Bertz CT molecular complexity index is 372. The van der Waals surface area contributed by atoms with Gasteiger partial charge in [-0.2, -0.15) is 0 Å². The van der Waals surface area contributed by atoms with Crippen molar-refractivity contribution in [1.29, 1.82) is 0 Å². The van der Waals surface area contributed by atoms with E-state index in [0.29, 0.717) is 22.7 Å². The van der Waals surface area contributed by atoms with E-state index in [0.717, 1.165) is 0 Å². The molecule has 3 N–H and O–H groups in total. The lowest BCUT2D eigenvalue weighted by atomic mass is 10.1. The van der Waals surface area contributed by atoms with E-state index in [4.69, 9.17) is 16.7 Å². The van der Waals surface area contributed by atoms with E-state index in [1.165, 1.54) is 0 Å². The molecule has 0 fully saturated rings. The summed E-state index contributed by atoms with van der Waals surface area (Å²) in [5.74, 6) is 0.152. The average Bonchev–Trinajstić information content (AvgIpc) is 2.16. The van der Waals surface area contributed by atoms with Crippen LogP contribution in [0.2, 0.25) is 5.02 Å². The Balaban J connectivity index is 2.94. The largest absolute Gasteiger partial charge is 0.508 e. The van der Waals surface area contributed by atoms with Gasteiger partial charge in [0.05, 0.1) is 11.6 Å². The molecule has 0 aliphatic rings. The highest BCUT2D eigenvalue weighted by Crippen LogP contribution is 2.29. The van der Waals surface area contributed by atoms with Crippen molar-refractivity contribution in [2.24, 2.45) is 0 Å². The van der Waals surface area contributed by atoms with Gasteiger partial charge < -0.3 is 15.5 Å². The van der Waals surface area contributed by atoms with E-state index in [1.54, 1.807) is 12.1 Å². The first kappa shape index (κ1) is 13.3. The van der Waals surface area contributed by atoms with Crippen molar-refractivity contribution in [1.82, 2.24) is 5.32 Å². The molecule has 0 saturated carbocycles. The summed E-state index contributed by atoms with van der Waals surface area (Å²) in [5, 5.41) is 22.5. The highest BCUT2D eigenvalue weighted by molar-refractivity contribution is 6.32. The summed E-state index contributed by atoms with van der Waals surface area (Å²) in [4.78, 5) is 0. The number of phenolic OH excluding ortho intramolecular Hbond substituents is 1. The first-order valence-electron chi connectivity index (χ1n) is 5.20. The topological polar surface area (TPSA) is 52.5 Å². The van der Waals surface area contributed by atoms with E-state index < -0.39 is 0 Å². The third kappa shape index (κ3) is 3.37. The molecular weight excluding hydrogens is 226 g/mol. The van der Waals surface area contributed by atoms with Crippen LogP contribution in [0.3, 0.4) is 0 Å². The molecule has 4 heteroatoms. The molecule has 0 atom stereocenters. The lowest BCUT2D eigenvalue weighted by Gasteiger charge is -2.21. The second kappa shape index (κ2) is 5.04. The zero-order chi connectivity index (χ0) is 12.3. The fourth-order valence-corrected chi connectivity index (χ4v) is 1.59. The molecule has 1 aromatic carbocycles. The average molecular weight is 244 g/mol. The number of halogens is 1. The zero-order valence-corrected chi connectivity index (χ0v) is 10.6. The molecule has 3 nitrogen and oxygen atoms in total. The maximum Gasteiger partial charge on any atom is 0.121 e. The quantitative estimate of drug-likeness (QED) is 0.764. The first-order chi connectivity index (χ1) is 7.35. The first-order valence-corrected chi connectivity index (χ1v) is 5.58. The fourth-order valence-electron chi connectivity index (χ4n) is 1.30. The highest BCUT2D eigenvalue weighted by atomic mass is 35.5. The van der Waals surface area contributed by atoms with E-state index in [-0.39, 0.29) is 17.9 Å². The Hall–Kier alpha value is -0.770. The van der Waals surface area contributed by atoms with Gasteiger partial charge in [0.15, 0.2) is 0 Å². The van der Waals surface area contributed by atoms with Crippen LogP contribution in [-0.4, -0.2) is 15.8 Å². The molecule has 16 heavy (non-hydrogen) atoms. The number of aliphatic hydroxyl groups is 1. The molecule has 1 aromatic rings. The summed E-state index contributed by atoms with van der Waals surface area (Å²) in [6, 6.07) is 3.18. The molecule has 0 spiro atoms. The Morgan fingerprint density at radius 3 is 2.44 bits per heavy atom. The van der Waals surface area contributed by atoms with Gasteiger partial charge in [-0.15, -0.1) is 0 Å². The normalized spacial score (nSPS) is 11.8. The van der Waals surface area contributed by atoms with Gasteiger partial charge in [-0.1, -0.05) is 17.7 Å². The van der Waals surface area contributed by atoms with Gasteiger partial charge in [0.2, 0.25) is 0 Å². The van der Waals surface area contributed by atoms with Crippen LogP contribution in [0, 0.1) is 0 Å². The molecule has 0 aromatic heterocycles. The molecule has 0 aliphatic heterocycles. The smallest absolute Gasteiger partial charge is 0.121 e. The van der Waals surface area contributed by atoms with Crippen molar-refractivity contribution in [3.63, 3.8) is 0 Å². The van der Waals surface area contributed by atoms with Gasteiger partial charge in [-0.05, 0) is 32.4 Å². The number of nitrogens with one attached hydrogen (secondary N) is 1. The van der Waals surface area contributed by atoms with Crippen LogP contribution in [0.15, 0.2) is 12.1 Å². The van der Waals surface area contributed by atoms with Crippen molar-refractivity contribution < 1.29 is 10.2 Å². The minimum atomic E-state index is -0.123. The number of hydrogen-bond donors (Lipinski definition) is 3. The summed E-state index contributed by atoms with van der Waals surface area (Å²) < 4.78 is 0. The molecule has 0 saturated heterocycles. The van der Waals surface area contributed by atoms with Gasteiger partial charge in [0.25, 0.3) is 0 Å². The lowest BCUT2D eigenvalue weighted by molar-refractivity contribution is 0.281. The van der Waals surface area contributed by atoms with Gasteiger partial charge >= 0.3 is 0 Å². The van der Waals surface area contributed by atoms with Crippen LogP contribution >= 0.6 is 11.6 Å². The van der Waals surface area contributed by atoms with E-state index in [9.17, 15) is 5.11 Å². The van der Waals surface area contributed by atoms with Gasteiger partial charge in [-0.3, -0.25) is 0 Å². The number of aromatic hydroxyl groups is 1. The summed E-state index contributed by atoms with van der Waals surface area (Å²) in [7, 11) is 0. The molecule has 0 amide bonds. The van der Waals surface area contributed by atoms with E-state index in [1.807, 2.05) is 20.8 Å². The Morgan fingerprint density at radius 1 is 1.31 bits per heavy atom. The number of benzene rings is 1. The van der Waals surface area contributed by atoms with Gasteiger partial charge in [0.1, 0.15) is 5.75 Å². The summed E-state index contributed by atoms with van der Waals surface area (Å²) >= 11 is 6.08. The molecule has 0 unspecified atom stereocenters. The van der Waals surface area contributed by atoms with Crippen LogP contribution in [-0.2, 0) is 13.2 Å². The molecule has 0 radical (unpaired) electrons. The maximum absolute atomic E-state index is 9.70. The molecule has 0 aliphatic carbocycles. The van der Waals surface area contributed by atoms with Crippen LogP contribution in [0.4, 0.5) is 0 Å². The second-order valence-electron chi connectivity index (χ2n) is 4.80. The van der Waals surface area contributed by atoms with Crippen molar-refractivity contribution >= 4 is 11.6 Å². The number of aliphatic hydroxyl groups excluding tert-OH is 1. The second-order valence-corrected chi connectivity index (χ2v) is 5.18. The van der Waals surface area contributed by atoms with Crippen LogP contribution in [0.1, 0.15) is 31.9 Å². The lowest BCUT2D eigenvalue weighted by Crippen LogP contribution is -2.35. The van der Waals surface area contributed by atoms with Crippen LogP contribution < -0.4 is 5.32 Å². The number of hydrogen-bond acceptors (Lipinski definition) is 3. The molecule has 1 rings (SSSR count). The molecular formula is C12H18ClNO2. The molecule has 90 valence electrons. The monoisotopic (exact) mass is 243 g/mol. The molecule has 0 heterocycles. The summed E-state index contributed by atoms with van der Waals surface area (Å²) in [6.07, 6.45) is 0. The Kier molecular flexibility index (Phi) is 4.19. The van der Waals surface area contributed by atoms with Crippen LogP contribution in [0.5, 0.6) is 5.75 Å². The third-order valence-corrected chi connectivity index (χ3v) is 2.74. The van der Waals surface area contributed by atoms with Crippen molar-refractivity contribution in [3.05, 3.63) is 28.3 Å². The molecule has 0 bridgehead atoms. The van der Waals surface area contributed by atoms with E-state index >= 15 is 0 Å². The third-order valence-electron chi connectivity index (χ3n) is 2.26. The minimum Gasteiger partial charge on any atom is -0.508 e. The number of rotatable bonds is 3. The maximum atomic E-state index is 9.70. The van der Waals surface area contributed by atoms with Crippen molar-refractivity contribution in [2.75, 3.05) is 0 Å². The van der Waals surface area contributed by atoms with Crippen molar-refractivity contribution in [3.8, 4) is 5.75 Å². The van der Waals surface area contributed by atoms with Gasteiger partial charge in [-0.25, -0.2) is 0 Å². The highest BCUT2D eigenvalue weighted by Gasteiger charge is 2.14. The Labute approximate surface area is 101 Å². The zero-order valence-electron chi connectivity index (χ0n) is 9.84. The summed E-state index contributed by atoms with van der Waals surface area (Å²) in [6.45, 7) is 6.46. The number of phenols is 1. The SMILES string of the molecule is CC(C)(C)NCc1c(O)ccc(CO)c1Cl. The fraction of sp³-hybridized carbons (Fsp3) is 0.500. The van der Waals surface area contributed by atoms with Crippen molar-refractivity contribution in [2.45, 2.75) is 39.5 Å². The Morgan fingerprint density at radius 2 is 1.94 bits per heavy atom.